The normalized spacial score (nSPS) is 32.5. The van der Waals surface area contributed by atoms with Gasteiger partial charge < -0.3 is 0 Å². The van der Waals surface area contributed by atoms with Crippen LogP contribution < -0.4 is 0 Å². The Balaban J connectivity index is 1.95. The van der Waals surface area contributed by atoms with Crippen LogP contribution in [0.4, 0.5) is 9.59 Å². The molecule has 7 nitrogen and oxygen atoms in total. The molecule has 0 aromatic carbocycles. The number of carbonyl (C=O) groups is 2. The van der Waals surface area contributed by atoms with Crippen molar-refractivity contribution < 1.29 is 33.0 Å². The predicted octanol–water partition coefficient (Wildman–Crippen LogP) is 1.01. The average Bonchev–Trinajstić information content (AvgIpc) is 2.80. The van der Waals surface area contributed by atoms with Crippen LogP contribution in [0.1, 0.15) is 0 Å². The van der Waals surface area contributed by atoms with Gasteiger partial charge in [0, 0.05) is 0 Å². The van der Waals surface area contributed by atoms with Gasteiger partial charge in [0.2, 0.25) is 0 Å². The summed E-state index contributed by atoms with van der Waals surface area (Å²) in [7, 11) is -1.99. The second-order valence-corrected chi connectivity index (χ2v) is 10.7. The summed E-state index contributed by atoms with van der Waals surface area (Å²) in [6.07, 6.45) is -3.37. The van der Waals surface area contributed by atoms with Gasteiger partial charge in [0.25, 0.3) is 0 Å². The van der Waals surface area contributed by atoms with Crippen LogP contribution in [0.15, 0.2) is 0 Å². The molecule has 0 spiro atoms. The van der Waals surface area contributed by atoms with Gasteiger partial charge in [0.1, 0.15) is 0 Å². The first-order valence-electron chi connectivity index (χ1n) is 5.96. The summed E-state index contributed by atoms with van der Waals surface area (Å²) in [4.78, 5) is 22.0. The molecule has 2 heterocycles. The van der Waals surface area contributed by atoms with Gasteiger partial charge in [-0.3, -0.25) is 0 Å². The Morgan fingerprint density at radius 3 is 2.44 bits per heavy atom. The molecule has 2 fully saturated rings. The topological polar surface area (TPSA) is 80.3 Å². The Labute approximate surface area is 105 Å². The maximum atomic E-state index is 11.2. The SMILES string of the molecule is C[SiH-](C)(C)OCC1OC(=O)OC1C1COC(=O)O1. The van der Waals surface area contributed by atoms with Crippen molar-refractivity contribution in [2.45, 2.75) is 38.0 Å². The molecule has 0 radical (unpaired) electrons. The number of carbonyl (C=O) groups excluding carboxylic acids is 2. The molecule has 18 heavy (non-hydrogen) atoms. The first kappa shape index (κ1) is 13.2. The van der Waals surface area contributed by atoms with Crippen molar-refractivity contribution >= 4 is 20.6 Å². The molecule has 3 atom stereocenters. The van der Waals surface area contributed by atoms with E-state index >= 15 is 0 Å². The van der Waals surface area contributed by atoms with E-state index in [9.17, 15) is 9.59 Å². The number of hydrogen-bond acceptors (Lipinski definition) is 7. The van der Waals surface area contributed by atoms with Gasteiger partial charge in [0.15, 0.2) is 0 Å². The predicted molar refractivity (Wildman–Crippen MR) is 62.1 cm³/mol. The van der Waals surface area contributed by atoms with Gasteiger partial charge >= 0.3 is 105 Å². The number of ether oxygens (including phenoxy) is 4. The fourth-order valence-electron chi connectivity index (χ4n) is 1.74. The van der Waals surface area contributed by atoms with Gasteiger partial charge in [-0.1, -0.05) is 0 Å². The Kier molecular flexibility index (Phi) is 3.49. The van der Waals surface area contributed by atoms with Crippen LogP contribution in [-0.4, -0.2) is 52.2 Å². The van der Waals surface area contributed by atoms with E-state index in [0.29, 0.717) is 0 Å². The summed E-state index contributed by atoms with van der Waals surface area (Å²) in [5.41, 5.74) is 0. The molecule has 2 saturated heterocycles. The molecular formula is C10H17O7Si-. The first-order valence-corrected chi connectivity index (χ1v) is 9.90. The minimum absolute atomic E-state index is 0.0614. The van der Waals surface area contributed by atoms with Crippen LogP contribution in [-0.2, 0) is 23.4 Å². The molecule has 0 aromatic rings. The van der Waals surface area contributed by atoms with Crippen molar-refractivity contribution in [3.05, 3.63) is 0 Å². The van der Waals surface area contributed by atoms with Gasteiger partial charge in [-0.15, -0.1) is 0 Å². The molecule has 0 bridgehead atoms. The van der Waals surface area contributed by atoms with Crippen LogP contribution in [0.2, 0.25) is 19.6 Å². The molecule has 2 rings (SSSR count). The van der Waals surface area contributed by atoms with E-state index in [1.807, 2.05) is 0 Å². The molecule has 8 heteroatoms. The van der Waals surface area contributed by atoms with E-state index in [0.717, 1.165) is 0 Å². The van der Waals surface area contributed by atoms with Crippen LogP contribution in [0.25, 0.3) is 0 Å². The van der Waals surface area contributed by atoms with E-state index in [4.69, 9.17) is 18.6 Å². The Morgan fingerprint density at radius 2 is 1.89 bits per heavy atom. The second-order valence-electron chi connectivity index (χ2n) is 5.48. The van der Waals surface area contributed by atoms with Crippen molar-refractivity contribution in [2.24, 2.45) is 0 Å². The minimum atomic E-state index is -1.99. The van der Waals surface area contributed by atoms with Gasteiger partial charge in [0.05, 0.1) is 0 Å². The van der Waals surface area contributed by atoms with Crippen molar-refractivity contribution in [3.63, 3.8) is 0 Å². The zero-order valence-electron chi connectivity index (χ0n) is 10.6. The molecule has 3 unspecified atom stereocenters. The van der Waals surface area contributed by atoms with E-state index in [-0.39, 0.29) is 13.2 Å². The van der Waals surface area contributed by atoms with Gasteiger partial charge in [-0.05, 0) is 0 Å². The Morgan fingerprint density at radius 1 is 1.17 bits per heavy atom. The summed E-state index contributed by atoms with van der Waals surface area (Å²) in [5, 5.41) is 0. The monoisotopic (exact) mass is 277 g/mol. The van der Waals surface area contributed by atoms with Gasteiger partial charge in [-0.25, -0.2) is 0 Å². The van der Waals surface area contributed by atoms with E-state index in [2.05, 4.69) is 24.4 Å². The molecule has 2 aliphatic heterocycles. The molecule has 0 amide bonds. The average molecular weight is 277 g/mol. The first-order chi connectivity index (χ1) is 8.35. The molecule has 0 aliphatic carbocycles. The third kappa shape index (κ3) is 3.14. The fourth-order valence-corrected chi connectivity index (χ4v) is 2.50. The summed E-state index contributed by atoms with van der Waals surface area (Å²) < 4.78 is 25.3. The number of hydrogen-bond donors (Lipinski definition) is 0. The third-order valence-electron chi connectivity index (χ3n) is 2.59. The van der Waals surface area contributed by atoms with E-state index in [1.165, 1.54) is 0 Å². The Hall–Kier alpha value is -1.28. The van der Waals surface area contributed by atoms with E-state index < -0.39 is 38.9 Å². The van der Waals surface area contributed by atoms with Crippen LogP contribution >= 0.6 is 0 Å². The van der Waals surface area contributed by atoms with Gasteiger partial charge in [-0.2, -0.15) is 0 Å². The summed E-state index contributed by atoms with van der Waals surface area (Å²) >= 11 is 0. The van der Waals surface area contributed by atoms with Crippen LogP contribution in [0.5, 0.6) is 0 Å². The van der Waals surface area contributed by atoms with Crippen molar-refractivity contribution in [2.75, 3.05) is 13.2 Å². The fraction of sp³-hybridized carbons (Fsp3) is 0.800. The summed E-state index contributed by atoms with van der Waals surface area (Å²) in [5.74, 6) is 0. The molecule has 0 N–H and O–H groups in total. The van der Waals surface area contributed by atoms with Crippen LogP contribution in [0.3, 0.4) is 0 Å². The maximum absolute atomic E-state index is 11.2. The molecular weight excluding hydrogens is 260 g/mol. The second kappa shape index (κ2) is 4.77. The van der Waals surface area contributed by atoms with Crippen molar-refractivity contribution in [1.29, 1.82) is 0 Å². The number of rotatable bonds is 4. The zero-order chi connectivity index (χ0) is 13.3. The Bertz CT molecular complexity index is 351. The standard InChI is InChI=1S/C10H17O7Si/c1-18(2,3)14-5-7-8(17-10(12)16-7)6-4-13-9(11)15-6/h6-8,18H,4-5H2,1-3H3/q-1. The molecule has 2 aliphatic rings. The van der Waals surface area contributed by atoms with Crippen LogP contribution in [0, 0.1) is 0 Å². The third-order valence-corrected chi connectivity index (χ3v) is 3.78. The van der Waals surface area contributed by atoms with E-state index in [1.54, 1.807) is 0 Å². The number of cyclic esters (lactones) is 4. The summed E-state index contributed by atoms with van der Waals surface area (Å²) in [6.45, 7) is 6.47. The summed E-state index contributed by atoms with van der Waals surface area (Å²) in [6, 6.07) is 0. The zero-order valence-corrected chi connectivity index (χ0v) is 11.7. The quantitative estimate of drug-likeness (QED) is 0.560. The molecule has 104 valence electrons. The van der Waals surface area contributed by atoms with Crippen molar-refractivity contribution in [3.8, 4) is 0 Å². The van der Waals surface area contributed by atoms with Crippen molar-refractivity contribution in [1.82, 2.24) is 0 Å². The molecule has 0 aromatic heterocycles. The molecule has 0 saturated carbocycles.